The van der Waals surface area contributed by atoms with Crippen LogP contribution in [0.1, 0.15) is 82.1 Å². The second-order valence-corrected chi connectivity index (χ2v) is 13.5. The van der Waals surface area contributed by atoms with Crippen molar-refractivity contribution < 1.29 is 57.2 Å². The molecule has 1 unspecified atom stereocenters. The molecule has 2 aliphatic carbocycles. The minimum atomic E-state index is -1.50. The molecule has 0 aromatic rings. The number of halogens is 1. The van der Waals surface area contributed by atoms with E-state index in [-0.39, 0.29) is 29.9 Å². The summed E-state index contributed by atoms with van der Waals surface area (Å²) < 4.78 is 35.5. The molecule has 3 aliphatic rings. The predicted octanol–water partition coefficient (Wildman–Crippen LogP) is 4.14. The molecule has 0 bridgehead atoms. The number of carbonyl (C=O) groups is 6. The molecule has 0 spiro atoms. The monoisotopic (exact) mass is 668 g/mol. The van der Waals surface area contributed by atoms with Crippen LogP contribution in [-0.2, 0) is 57.2 Å². The standard InChI is InChI=1S/C33H45ClO12/c1-14(2)13-23(39)45-30-27(42-19(7)36)17(5)25-28(43-20(8)37)24-16(4)32(40)46-29(24)26(34)15(3)11-12-22(41-18(6)35)33(25,10)31(30)44-21(9)38/h11,14,17,22,25-31H,12-13H2,1-10H3/b15-11+/t17-,22+,25-,26+,27-,28?,29-,30-,31+,33-/m1/s1. The Kier molecular flexibility index (Phi) is 11.7. The fourth-order valence-electron chi connectivity index (χ4n) is 7.16. The second kappa shape index (κ2) is 14.6. The molecule has 0 aromatic heterocycles. The number of hydrogen-bond acceptors (Lipinski definition) is 12. The van der Waals surface area contributed by atoms with E-state index >= 15 is 0 Å². The molecule has 3 rings (SSSR count). The number of alkyl halides is 1. The van der Waals surface area contributed by atoms with E-state index in [4.69, 9.17) is 40.0 Å². The highest BCUT2D eigenvalue weighted by Crippen LogP contribution is 2.56. The lowest BCUT2D eigenvalue weighted by Gasteiger charge is -2.58. The Morgan fingerprint density at radius 1 is 0.913 bits per heavy atom. The molecule has 13 heteroatoms. The van der Waals surface area contributed by atoms with E-state index in [0.29, 0.717) is 5.57 Å². The Morgan fingerprint density at radius 2 is 1.48 bits per heavy atom. The van der Waals surface area contributed by atoms with Gasteiger partial charge in [0.25, 0.3) is 0 Å². The Balaban J connectivity index is 2.49. The van der Waals surface area contributed by atoms with E-state index in [1.54, 1.807) is 26.8 Å². The molecule has 46 heavy (non-hydrogen) atoms. The molecule has 12 nitrogen and oxygen atoms in total. The van der Waals surface area contributed by atoms with Crippen molar-refractivity contribution in [3.63, 3.8) is 0 Å². The maximum absolute atomic E-state index is 13.2. The van der Waals surface area contributed by atoms with Gasteiger partial charge in [-0.25, -0.2) is 4.79 Å². The van der Waals surface area contributed by atoms with Gasteiger partial charge in [0.05, 0.1) is 10.8 Å². The zero-order chi connectivity index (χ0) is 34.8. The lowest BCUT2D eigenvalue weighted by Crippen LogP contribution is -2.69. The first-order chi connectivity index (χ1) is 21.3. The molecule has 0 N–H and O–H groups in total. The van der Waals surface area contributed by atoms with E-state index in [1.807, 2.05) is 13.8 Å². The third kappa shape index (κ3) is 7.58. The second-order valence-electron chi connectivity index (χ2n) is 13.0. The molecule has 0 radical (unpaired) electrons. The van der Waals surface area contributed by atoms with Gasteiger partial charge >= 0.3 is 35.8 Å². The zero-order valence-corrected chi connectivity index (χ0v) is 28.8. The minimum Gasteiger partial charge on any atom is -0.461 e. The first-order valence-corrected chi connectivity index (χ1v) is 15.8. The molecular weight excluding hydrogens is 624 g/mol. The fraction of sp³-hybridized carbons (Fsp3) is 0.697. The van der Waals surface area contributed by atoms with Crippen LogP contribution in [0.3, 0.4) is 0 Å². The lowest BCUT2D eigenvalue weighted by molar-refractivity contribution is -0.260. The van der Waals surface area contributed by atoms with E-state index in [0.717, 1.165) is 0 Å². The molecule has 256 valence electrons. The van der Waals surface area contributed by atoms with Gasteiger partial charge in [-0.1, -0.05) is 39.3 Å². The molecule has 1 heterocycles. The van der Waals surface area contributed by atoms with Crippen molar-refractivity contribution in [1.29, 1.82) is 0 Å². The van der Waals surface area contributed by atoms with Gasteiger partial charge in [0, 0.05) is 63.5 Å². The van der Waals surface area contributed by atoms with Crippen molar-refractivity contribution in [2.45, 2.75) is 124 Å². The van der Waals surface area contributed by atoms with Gasteiger partial charge in [-0.15, -0.1) is 11.6 Å². The van der Waals surface area contributed by atoms with Gasteiger partial charge in [-0.05, 0) is 19.8 Å². The average molecular weight is 669 g/mol. The number of carbonyl (C=O) groups excluding carboxylic acids is 6. The molecule has 1 saturated carbocycles. The molecule has 1 aliphatic heterocycles. The van der Waals surface area contributed by atoms with Gasteiger partial charge in [0.2, 0.25) is 0 Å². The Labute approximate surface area is 274 Å². The Morgan fingerprint density at radius 3 is 2.00 bits per heavy atom. The van der Waals surface area contributed by atoms with Gasteiger partial charge in [0.1, 0.15) is 24.4 Å². The predicted molar refractivity (Wildman–Crippen MR) is 163 cm³/mol. The van der Waals surface area contributed by atoms with Crippen LogP contribution in [0.15, 0.2) is 22.8 Å². The Hall–Kier alpha value is -3.41. The summed E-state index contributed by atoms with van der Waals surface area (Å²) in [4.78, 5) is 77.2. The third-order valence-electron chi connectivity index (χ3n) is 9.04. The fourth-order valence-corrected chi connectivity index (χ4v) is 7.44. The summed E-state index contributed by atoms with van der Waals surface area (Å²) in [6, 6.07) is 0. The van der Waals surface area contributed by atoms with Gasteiger partial charge in [0.15, 0.2) is 12.2 Å². The van der Waals surface area contributed by atoms with Crippen LogP contribution in [0.4, 0.5) is 0 Å². The van der Waals surface area contributed by atoms with Crippen molar-refractivity contribution in [3.05, 3.63) is 22.8 Å². The number of ether oxygens (including phenoxy) is 6. The molecule has 0 amide bonds. The van der Waals surface area contributed by atoms with Crippen LogP contribution in [-0.4, -0.2) is 77.8 Å². The van der Waals surface area contributed by atoms with Gasteiger partial charge in [-0.2, -0.15) is 0 Å². The van der Waals surface area contributed by atoms with Crippen LogP contribution < -0.4 is 0 Å². The summed E-state index contributed by atoms with van der Waals surface area (Å²) in [6.07, 6.45) is -5.58. The van der Waals surface area contributed by atoms with Crippen molar-refractivity contribution in [2.75, 3.05) is 0 Å². The maximum atomic E-state index is 13.2. The number of fused-ring (bicyclic) bond motifs is 2. The van der Waals surface area contributed by atoms with E-state index < -0.39 is 95.1 Å². The number of hydrogen-bond donors (Lipinski definition) is 0. The first kappa shape index (κ1) is 37.1. The zero-order valence-electron chi connectivity index (χ0n) is 28.0. The summed E-state index contributed by atoms with van der Waals surface area (Å²) in [5.41, 5.74) is -0.487. The molecule has 0 aromatic carbocycles. The van der Waals surface area contributed by atoms with Crippen LogP contribution in [0.5, 0.6) is 0 Å². The summed E-state index contributed by atoms with van der Waals surface area (Å²) in [5.74, 6) is -6.03. The van der Waals surface area contributed by atoms with E-state index in [9.17, 15) is 28.8 Å². The summed E-state index contributed by atoms with van der Waals surface area (Å²) >= 11 is 6.90. The highest BCUT2D eigenvalue weighted by Gasteiger charge is 2.67. The number of rotatable bonds is 7. The molecular formula is C33H45ClO12. The quantitative estimate of drug-likeness (QED) is 0.165. The maximum Gasteiger partial charge on any atom is 0.334 e. The summed E-state index contributed by atoms with van der Waals surface area (Å²) in [5, 5.41) is -0.881. The highest BCUT2D eigenvalue weighted by molar-refractivity contribution is 6.23. The van der Waals surface area contributed by atoms with Gasteiger partial charge < -0.3 is 28.4 Å². The van der Waals surface area contributed by atoms with Crippen LogP contribution in [0, 0.1) is 23.2 Å². The van der Waals surface area contributed by atoms with Crippen LogP contribution in [0.25, 0.3) is 0 Å². The third-order valence-corrected chi connectivity index (χ3v) is 9.61. The smallest absolute Gasteiger partial charge is 0.334 e. The van der Waals surface area contributed by atoms with E-state index in [2.05, 4.69) is 0 Å². The lowest BCUT2D eigenvalue weighted by atomic mass is 9.53. The minimum absolute atomic E-state index is 0.0142. The highest BCUT2D eigenvalue weighted by atomic mass is 35.5. The SMILES string of the molecule is CC(=O)OC1C2=C(C)C(=O)O[C@H]2[C@@H](Cl)/C(C)=C/C[C@H](OC(C)=O)[C@@]2(C)[C@@H](OC(C)=O)[C@H](OC(=O)CC(C)C)[C@H](OC(C)=O)[C@H](C)[C@H]12. The largest absolute Gasteiger partial charge is 0.461 e. The van der Waals surface area contributed by atoms with Crippen molar-refractivity contribution in [1.82, 2.24) is 0 Å². The molecule has 1 fully saturated rings. The first-order valence-electron chi connectivity index (χ1n) is 15.4. The summed E-state index contributed by atoms with van der Waals surface area (Å²) in [7, 11) is 0. The topological polar surface area (TPSA) is 158 Å². The average Bonchev–Trinajstić information content (AvgIpc) is 3.21. The molecule has 10 atom stereocenters. The van der Waals surface area contributed by atoms with Crippen molar-refractivity contribution in [2.24, 2.45) is 23.2 Å². The molecule has 0 saturated heterocycles. The van der Waals surface area contributed by atoms with Gasteiger partial charge in [-0.3, -0.25) is 24.0 Å². The normalized spacial score (nSPS) is 35.4. The van der Waals surface area contributed by atoms with Crippen LogP contribution >= 0.6 is 11.6 Å². The van der Waals surface area contributed by atoms with E-state index in [1.165, 1.54) is 34.6 Å². The number of esters is 6. The van der Waals surface area contributed by atoms with Crippen molar-refractivity contribution in [3.8, 4) is 0 Å². The summed E-state index contributed by atoms with van der Waals surface area (Å²) in [6.45, 7) is 15.1. The Bertz CT molecular complexity index is 1320. The van der Waals surface area contributed by atoms with Crippen molar-refractivity contribution >= 4 is 47.4 Å². The van der Waals surface area contributed by atoms with Crippen LogP contribution in [0.2, 0.25) is 0 Å².